The molecule has 0 aliphatic heterocycles. The number of nitrogens with zero attached hydrogens (tertiary/aromatic N) is 3. The summed E-state index contributed by atoms with van der Waals surface area (Å²) in [4.78, 5) is 24.0. The average Bonchev–Trinajstić information content (AvgIpc) is 3.39. The van der Waals surface area contributed by atoms with Crippen molar-refractivity contribution >= 4 is 16.9 Å². The molecule has 0 unspecified atom stereocenters. The minimum absolute atomic E-state index is 0.140. The maximum absolute atomic E-state index is 12.1. The second-order valence-electron chi connectivity index (χ2n) is 6.25. The molecule has 1 fully saturated rings. The van der Waals surface area contributed by atoms with Crippen LogP contribution in [-0.2, 0) is 17.8 Å². The highest BCUT2D eigenvalue weighted by molar-refractivity contribution is 5.86. The van der Waals surface area contributed by atoms with Crippen LogP contribution in [0.1, 0.15) is 30.1 Å². The van der Waals surface area contributed by atoms with Crippen LogP contribution in [-0.4, -0.2) is 27.4 Å². The monoisotopic (exact) mass is 338 g/mol. The molecule has 128 valence electrons. The summed E-state index contributed by atoms with van der Waals surface area (Å²) in [6, 6.07) is 10.8. The molecular formula is C18H18N4O3. The summed E-state index contributed by atoms with van der Waals surface area (Å²) in [5.74, 6) is 0.326. The zero-order chi connectivity index (χ0) is 17.2. The molecule has 4 rings (SSSR count). The van der Waals surface area contributed by atoms with E-state index in [1.165, 1.54) is 4.68 Å². The molecule has 0 spiro atoms. The van der Waals surface area contributed by atoms with Gasteiger partial charge in [0.2, 0.25) is 5.91 Å². The molecule has 0 saturated heterocycles. The van der Waals surface area contributed by atoms with Gasteiger partial charge in [-0.1, -0.05) is 17.3 Å². The van der Waals surface area contributed by atoms with Crippen LogP contribution < -0.4 is 10.9 Å². The fourth-order valence-electron chi connectivity index (χ4n) is 2.80. The third-order valence-electron chi connectivity index (χ3n) is 4.31. The van der Waals surface area contributed by atoms with Gasteiger partial charge in [0.25, 0.3) is 5.56 Å². The molecule has 1 N–H and O–H groups in total. The van der Waals surface area contributed by atoms with E-state index >= 15 is 0 Å². The molecular weight excluding hydrogens is 320 g/mol. The highest BCUT2D eigenvalue weighted by Gasteiger charge is 2.25. The molecule has 0 bridgehead atoms. The number of hydrogen-bond acceptors (Lipinski definition) is 5. The van der Waals surface area contributed by atoms with E-state index in [-0.39, 0.29) is 17.9 Å². The van der Waals surface area contributed by atoms with Crippen molar-refractivity contribution in [1.29, 1.82) is 0 Å². The summed E-state index contributed by atoms with van der Waals surface area (Å²) < 4.78 is 6.61. The number of benzene rings is 1. The fourth-order valence-corrected chi connectivity index (χ4v) is 2.80. The van der Waals surface area contributed by atoms with E-state index < -0.39 is 0 Å². The largest absolute Gasteiger partial charge is 0.356 e. The number of rotatable bonds is 6. The van der Waals surface area contributed by atoms with Crippen molar-refractivity contribution in [2.75, 3.05) is 6.54 Å². The number of fused-ring (bicyclic) bond motifs is 1. The molecule has 2 aromatic heterocycles. The molecule has 25 heavy (non-hydrogen) atoms. The predicted molar refractivity (Wildman–Crippen MR) is 91.2 cm³/mol. The Labute approximate surface area is 143 Å². The minimum Gasteiger partial charge on any atom is -0.356 e. The number of para-hydroxylation sites is 1. The Morgan fingerprint density at radius 1 is 1.24 bits per heavy atom. The van der Waals surface area contributed by atoms with Crippen molar-refractivity contribution < 1.29 is 9.32 Å². The quantitative estimate of drug-likeness (QED) is 0.737. The number of nitrogens with one attached hydrogen (secondary N) is 1. The highest BCUT2D eigenvalue weighted by atomic mass is 16.5. The van der Waals surface area contributed by atoms with E-state index in [1.54, 1.807) is 12.1 Å². The van der Waals surface area contributed by atoms with Gasteiger partial charge in [0, 0.05) is 23.9 Å². The third-order valence-corrected chi connectivity index (χ3v) is 4.31. The second-order valence-corrected chi connectivity index (χ2v) is 6.25. The Kier molecular flexibility index (Phi) is 4.05. The first-order chi connectivity index (χ1) is 12.2. The zero-order valence-electron chi connectivity index (χ0n) is 13.6. The van der Waals surface area contributed by atoms with Crippen LogP contribution >= 0.6 is 0 Å². The van der Waals surface area contributed by atoms with Crippen LogP contribution in [0.15, 0.2) is 45.7 Å². The van der Waals surface area contributed by atoms with Gasteiger partial charge in [-0.05, 0) is 31.0 Å². The Balaban J connectivity index is 1.35. The molecule has 1 saturated carbocycles. The van der Waals surface area contributed by atoms with Gasteiger partial charge in [0.05, 0.1) is 18.7 Å². The lowest BCUT2D eigenvalue weighted by Crippen LogP contribution is -2.33. The Hall–Kier alpha value is -2.96. The number of carbonyl (C=O) groups is 1. The van der Waals surface area contributed by atoms with Crippen LogP contribution in [0.3, 0.4) is 0 Å². The number of carbonyl (C=O) groups excluding carboxylic acids is 1. The first-order valence-corrected chi connectivity index (χ1v) is 8.39. The fraction of sp³-hybridized carbons (Fsp3) is 0.333. The summed E-state index contributed by atoms with van der Waals surface area (Å²) in [6.07, 6.45) is 2.41. The maximum atomic E-state index is 12.1. The van der Waals surface area contributed by atoms with Crippen molar-refractivity contribution in [2.45, 2.75) is 31.7 Å². The van der Waals surface area contributed by atoms with Crippen LogP contribution in [0.25, 0.3) is 11.0 Å². The SMILES string of the molecule is O=C(Cc1noc2ccccc12)NCCn1nc(C2CC2)ccc1=O. The Bertz CT molecular complexity index is 972. The van der Waals surface area contributed by atoms with Crippen LogP contribution in [0.2, 0.25) is 0 Å². The standard InChI is InChI=1S/C18H18N4O3/c23-17(11-15-13-3-1-2-4-16(13)25-21-15)19-9-10-22-18(24)8-7-14(20-22)12-5-6-12/h1-4,7-8,12H,5-6,9-11H2,(H,19,23). The van der Waals surface area contributed by atoms with E-state index in [0.29, 0.717) is 30.3 Å². The van der Waals surface area contributed by atoms with E-state index in [4.69, 9.17) is 4.52 Å². The lowest BCUT2D eigenvalue weighted by molar-refractivity contribution is -0.120. The molecule has 7 nitrogen and oxygen atoms in total. The smallest absolute Gasteiger partial charge is 0.266 e. The van der Waals surface area contributed by atoms with Gasteiger partial charge in [0.15, 0.2) is 5.58 Å². The molecule has 1 aliphatic rings. The molecule has 0 atom stereocenters. The first-order valence-electron chi connectivity index (χ1n) is 8.39. The van der Waals surface area contributed by atoms with Crippen molar-refractivity contribution in [3.8, 4) is 0 Å². The van der Waals surface area contributed by atoms with Crippen LogP contribution in [0.5, 0.6) is 0 Å². The summed E-state index contributed by atoms with van der Waals surface area (Å²) in [5.41, 5.74) is 2.08. The highest BCUT2D eigenvalue weighted by Crippen LogP contribution is 2.38. The molecule has 0 radical (unpaired) electrons. The first kappa shape index (κ1) is 15.6. The van der Waals surface area contributed by atoms with Crippen molar-refractivity contribution in [3.05, 3.63) is 58.1 Å². The zero-order valence-corrected chi connectivity index (χ0v) is 13.6. The van der Waals surface area contributed by atoms with Crippen molar-refractivity contribution in [3.63, 3.8) is 0 Å². The minimum atomic E-state index is -0.162. The number of hydrogen-bond donors (Lipinski definition) is 1. The summed E-state index contributed by atoms with van der Waals surface area (Å²) in [5, 5.41) is 12.0. The van der Waals surface area contributed by atoms with Gasteiger partial charge >= 0.3 is 0 Å². The molecule has 7 heteroatoms. The average molecular weight is 338 g/mol. The van der Waals surface area contributed by atoms with Gasteiger partial charge < -0.3 is 9.84 Å². The molecule has 1 aliphatic carbocycles. The van der Waals surface area contributed by atoms with E-state index in [2.05, 4.69) is 15.6 Å². The maximum Gasteiger partial charge on any atom is 0.266 e. The van der Waals surface area contributed by atoms with Crippen molar-refractivity contribution in [2.24, 2.45) is 0 Å². The van der Waals surface area contributed by atoms with E-state index in [1.807, 2.05) is 24.3 Å². The van der Waals surface area contributed by atoms with E-state index in [9.17, 15) is 9.59 Å². The Morgan fingerprint density at radius 3 is 2.92 bits per heavy atom. The molecule has 3 aromatic rings. The molecule has 1 amide bonds. The van der Waals surface area contributed by atoms with Gasteiger partial charge in [-0.15, -0.1) is 0 Å². The second kappa shape index (κ2) is 6.51. The van der Waals surface area contributed by atoms with Gasteiger partial charge in [0.1, 0.15) is 5.69 Å². The summed E-state index contributed by atoms with van der Waals surface area (Å²) >= 11 is 0. The molecule has 1 aromatic carbocycles. The van der Waals surface area contributed by atoms with Crippen molar-refractivity contribution in [1.82, 2.24) is 20.3 Å². The number of amides is 1. The third kappa shape index (κ3) is 3.45. The summed E-state index contributed by atoms with van der Waals surface area (Å²) in [7, 11) is 0. The summed E-state index contributed by atoms with van der Waals surface area (Å²) in [6.45, 7) is 0.695. The van der Waals surface area contributed by atoms with Gasteiger partial charge in [-0.25, -0.2) is 4.68 Å². The van der Waals surface area contributed by atoms with Gasteiger partial charge in [-0.2, -0.15) is 5.10 Å². The Morgan fingerprint density at radius 2 is 2.08 bits per heavy atom. The van der Waals surface area contributed by atoms with Crippen LogP contribution in [0, 0.1) is 0 Å². The topological polar surface area (TPSA) is 90.0 Å². The van der Waals surface area contributed by atoms with E-state index in [0.717, 1.165) is 23.9 Å². The predicted octanol–water partition coefficient (Wildman–Crippen LogP) is 1.62. The lowest BCUT2D eigenvalue weighted by Gasteiger charge is -2.07. The molecule has 2 heterocycles. The lowest BCUT2D eigenvalue weighted by atomic mass is 10.1. The number of aromatic nitrogens is 3. The normalized spacial score (nSPS) is 13.9. The van der Waals surface area contributed by atoms with Gasteiger partial charge in [-0.3, -0.25) is 9.59 Å². The van der Waals surface area contributed by atoms with Crippen LogP contribution in [0.4, 0.5) is 0 Å².